The first-order valence-corrected chi connectivity index (χ1v) is 4.62. The Labute approximate surface area is 78.0 Å². The number of benzene rings is 1. The SMILES string of the molecule is Cc1ccc(C(C)C)c2cn[nH]c12. The van der Waals surface area contributed by atoms with Crippen LogP contribution in [0, 0.1) is 6.92 Å². The van der Waals surface area contributed by atoms with Crippen LogP contribution in [-0.2, 0) is 0 Å². The second kappa shape index (κ2) is 2.87. The van der Waals surface area contributed by atoms with Gasteiger partial charge in [0.05, 0.1) is 11.7 Å². The lowest BCUT2D eigenvalue weighted by atomic mass is 9.98. The molecule has 0 fully saturated rings. The molecule has 2 aromatic rings. The molecular formula is C11H14N2. The summed E-state index contributed by atoms with van der Waals surface area (Å²) in [4.78, 5) is 0. The van der Waals surface area contributed by atoms with E-state index in [1.54, 1.807) is 0 Å². The third kappa shape index (κ3) is 1.22. The molecule has 68 valence electrons. The lowest BCUT2D eigenvalue weighted by molar-refractivity contribution is 0.876. The Morgan fingerprint density at radius 3 is 2.77 bits per heavy atom. The topological polar surface area (TPSA) is 28.7 Å². The summed E-state index contributed by atoms with van der Waals surface area (Å²) in [5.41, 5.74) is 3.80. The Bertz CT molecular complexity index is 427. The molecule has 2 nitrogen and oxygen atoms in total. The van der Waals surface area contributed by atoms with E-state index in [-0.39, 0.29) is 0 Å². The van der Waals surface area contributed by atoms with Crippen molar-refractivity contribution in [2.75, 3.05) is 0 Å². The van der Waals surface area contributed by atoms with Gasteiger partial charge in [-0.2, -0.15) is 5.10 Å². The molecule has 13 heavy (non-hydrogen) atoms. The third-order valence-electron chi connectivity index (χ3n) is 2.48. The van der Waals surface area contributed by atoms with Gasteiger partial charge in [0.1, 0.15) is 0 Å². The fourth-order valence-corrected chi connectivity index (χ4v) is 1.70. The number of hydrogen-bond donors (Lipinski definition) is 1. The Kier molecular flexibility index (Phi) is 1.83. The van der Waals surface area contributed by atoms with Crippen molar-refractivity contribution in [1.82, 2.24) is 10.2 Å². The highest BCUT2D eigenvalue weighted by molar-refractivity contribution is 5.84. The number of aryl methyl sites for hydroxylation is 1. The Morgan fingerprint density at radius 2 is 2.08 bits per heavy atom. The van der Waals surface area contributed by atoms with E-state index in [0.717, 1.165) is 0 Å². The highest BCUT2D eigenvalue weighted by Gasteiger charge is 2.07. The Hall–Kier alpha value is -1.31. The average Bonchev–Trinajstić information content (AvgIpc) is 2.53. The Morgan fingerprint density at radius 1 is 1.31 bits per heavy atom. The predicted octanol–water partition coefficient (Wildman–Crippen LogP) is 2.99. The van der Waals surface area contributed by atoms with Gasteiger partial charge in [-0.15, -0.1) is 0 Å². The number of nitrogens with zero attached hydrogens (tertiary/aromatic N) is 1. The molecule has 0 unspecified atom stereocenters. The van der Waals surface area contributed by atoms with Crippen LogP contribution in [0.4, 0.5) is 0 Å². The Balaban J connectivity index is 2.78. The van der Waals surface area contributed by atoms with Gasteiger partial charge in [0.25, 0.3) is 0 Å². The molecule has 0 saturated carbocycles. The molecule has 0 aliphatic heterocycles. The molecule has 2 rings (SSSR count). The number of H-pyrrole nitrogens is 1. The molecule has 0 saturated heterocycles. The number of rotatable bonds is 1. The molecule has 0 radical (unpaired) electrons. The summed E-state index contributed by atoms with van der Waals surface area (Å²) >= 11 is 0. The summed E-state index contributed by atoms with van der Waals surface area (Å²) < 4.78 is 0. The van der Waals surface area contributed by atoms with E-state index in [0.29, 0.717) is 5.92 Å². The van der Waals surface area contributed by atoms with Gasteiger partial charge < -0.3 is 0 Å². The fourth-order valence-electron chi connectivity index (χ4n) is 1.70. The number of aromatic nitrogens is 2. The summed E-state index contributed by atoms with van der Waals surface area (Å²) in [6.07, 6.45) is 1.91. The second-order valence-corrected chi connectivity index (χ2v) is 3.79. The van der Waals surface area contributed by atoms with Crippen molar-refractivity contribution in [3.8, 4) is 0 Å². The minimum Gasteiger partial charge on any atom is -0.278 e. The molecule has 0 spiro atoms. The zero-order valence-electron chi connectivity index (χ0n) is 8.26. The van der Waals surface area contributed by atoms with E-state index in [2.05, 4.69) is 43.1 Å². The van der Waals surface area contributed by atoms with Crippen LogP contribution in [0.5, 0.6) is 0 Å². The highest BCUT2D eigenvalue weighted by Crippen LogP contribution is 2.25. The molecule has 2 heteroatoms. The first kappa shape index (κ1) is 8.30. The quantitative estimate of drug-likeness (QED) is 0.707. The van der Waals surface area contributed by atoms with Gasteiger partial charge in [0.2, 0.25) is 0 Å². The zero-order chi connectivity index (χ0) is 9.42. The summed E-state index contributed by atoms with van der Waals surface area (Å²) in [5.74, 6) is 0.556. The van der Waals surface area contributed by atoms with E-state index in [9.17, 15) is 0 Å². The van der Waals surface area contributed by atoms with Gasteiger partial charge in [-0.05, 0) is 24.0 Å². The predicted molar refractivity (Wildman–Crippen MR) is 54.9 cm³/mol. The van der Waals surface area contributed by atoms with Crippen molar-refractivity contribution in [3.05, 3.63) is 29.5 Å². The maximum absolute atomic E-state index is 4.08. The molecule has 0 bridgehead atoms. The summed E-state index contributed by atoms with van der Waals surface area (Å²) in [6, 6.07) is 4.34. The van der Waals surface area contributed by atoms with Gasteiger partial charge in [-0.25, -0.2) is 0 Å². The monoisotopic (exact) mass is 174 g/mol. The molecule has 1 aromatic heterocycles. The average molecular weight is 174 g/mol. The van der Waals surface area contributed by atoms with Crippen LogP contribution in [-0.4, -0.2) is 10.2 Å². The summed E-state index contributed by atoms with van der Waals surface area (Å²) in [7, 11) is 0. The van der Waals surface area contributed by atoms with E-state index in [4.69, 9.17) is 0 Å². The van der Waals surface area contributed by atoms with Crippen molar-refractivity contribution in [2.45, 2.75) is 26.7 Å². The summed E-state index contributed by atoms with van der Waals surface area (Å²) in [5, 5.41) is 8.37. The first-order valence-electron chi connectivity index (χ1n) is 4.62. The van der Waals surface area contributed by atoms with Crippen molar-refractivity contribution < 1.29 is 0 Å². The number of fused-ring (bicyclic) bond motifs is 1. The number of nitrogens with one attached hydrogen (secondary N) is 1. The molecule has 0 aliphatic rings. The maximum atomic E-state index is 4.08. The zero-order valence-corrected chi connectivity index (χ0v) is 8.26. The summed E-state index contributed by atoms with van der Waals surface area (Å²) in [6.45, 7) is 6.51. The third-order valence-corrected chi connectivity index (χ3v) is 2.48. The van der Waals surface area contributed by atoms with Crippen LogP contribution in [0.1, 0.15) is 30.9 Å². The van der Waals surface area contributed by atoms with E-state index in [1.165, 1.54) is 22.0 Å². The first-order chi connectivity index (χ1) is 6.20. The van der Waals surface area contributed by atoms with Crippen LogP contribution < -0.4 is 0 Å². The fraction of sp³-hybridized carbons (Fsp3) is 0.364. The minimum atomic E-state index is 0.556. The van der Waals surface area contributed by atoms with Crippen molar-refractivity contribution in [2.24, 2.45) is 0 Å². The second-order valence-electron chi connectivity index (χ2n) is 3.79. The van der Waals surface area contributed by atoms with Gasteiger partial charge >= 0.3 is 0 Å². The number of aromatic amines is 1. The molecule has 0 atom stereocenters. The van der Waals surface area contributed by atoms with Crippen molar-refractivity contribution in [1.29, 1.82) is 0 Å². The van der Waals surface area contributed by atoms with Crippen LogP contribution in [0.15, 0.2) is 18.3 Å². The van der Waals surface area contributed by atoms with Crippen LogP contribution in [0.2, 0.25) is 0 Å². The van der Waals surface area contributed by atoms with Crippen molar-refractivity contribution in [3.63, 3.8) is 0 Å². The van der Waals surface area contributed by atoms with Gasteiger partial charge in [-0.1, -0.05) is 26.0 Å². The molecule has 1 heterocycles. The number of hydrogen-bond acceptors (Lipinski definition) is 1. The molecule has 0 aliphatic carbocycles. The normalized spacial score (nSPS) is 11.4. The van der Waals surface area contributed by atoms with Crippen LogP contribution in [0.3, 0.4) is 0 Å². The van der Waals surface area contributed by atoms with Crippen molar-refractivity contribution >= 4 is 10.9 Å². The van der Waals surface area contributed by atoms with Crippen LogP contribution in [0.25, 0.3) is 10.9 Å². The van der Waals surface area contributed by atoms with Gasteiger partial charge in [0, 0.05) is 5.39 Å². The molecule has 1 N–H and O–H groups in total. The molecular weight excluding hydrogens is 160 g/mol. The standard InChI is InChI=1S/C11H14N2/c1-7(2)9-5-4-8(3)11-10(9)6-12-13-11/h4-7H,1-3H3,(H,12,13). The van der Waals surface area contributed by atoms with Gasteiger partial charge in [-0.3, -0.25) is 5.10 Å². The largest absolute Gasteiger partial charge is 0.278 e. The highest BCUT2D eigenvalue weighted by atomic mass is 15.1. The van der Waals surface area contributed by atoms with E-state index >= 15 is 0 Å². The molecule has 0 amide bonds. The van der Waals surface area contributed by atoms with Gasteiger partial charge in [0.15, 0.2) is 0 Å². The lowest BCUT2D eigenvalue weighted by Crippen LogP contribution is -1.89. The van der Waals surface area contributed by atoms with E-state index in [1.807, 2.05) is 6.20 Å². The smallest absolute Gasteiger partial charge is 0.0682 e. The molecule has 1 aromatic carbocycles. The van der Waals surface area contributed by atoms with Crippen LogP contribution >= 0.6 is 0 Å². The maximum Gasteiger partial charge on any atom is 0.0682 e. The van der Waals surface area contributed by atoms with E-state index < -0.39 is 0 Å². The minimum absolute atomic E-state index is 0.556. The lowest BCUT2D eigenvalue weighted by Gasteiger charge is -2.07.